The van der Waals surface area contributed by atoms with E-state index in [2.05, 4.69) is 20.8 Å². The van der Waals surface area contributed by atoms with Crippen LogP contribution >= 0.6 is 11.8 Å². The topological polar surface area (TPSA) is 52.3 Å². The molecule has 2 N–H and O–H groups in total. The molecule has 0 saturated heterocycles. The Balaban J connectivity index is 2.32. The molecule has 0 spiro atoms. The monoisotopic (exact) mass is 267 g/mol. The average molecular weight is 267 g/mol. The van der Waals surface area contributed by atoms with E-state index in [1.807, 2.05) is 30.3 Å². The molecular weight excluding hydrogens is 246 g/mol. The van der Waals surface area contributed by atoms with E-state index in [-0.39, 0.29) is 17.3 Å². The lowest BCUT2D eigenvalue weighted by molar-refractivity contribution is -0.145. The first-order valence-corrected chi connectivity index (χ1v) is 6.97. The number of esters is 1. The molecule has 0 aliphatic rings. The van der Waals surface area contributed by atoms with Gasteiger partial charge in [0.1, 0.15) is 12.6 Å². The van der Waals surface area contributed by atoms with Gasteiger partial charge in [-0.2, -0.15) is 11.8 Å². The van der Waals surface area contributed by atoms with Crippen molar-refractivity contribution in [3.05, 3.63) is 35.9 Å². The molecule has 100 valence electrons. The molecule has 1 aromatic rings. The lowest BCUT2D eigenvalue weighted by Gasteiger charge is -2.19. The van der Waals surface area contributed by atoms with E-state index in [1.54, 1.807) is 11.8 Å². The van der Waals surface area contributed by atoms with Gasteiger partial charge in [-0.05, 0) is 5.56 Å². The molecule has 0 amide bonds. The SMILES string of the molecule is CC(C)(C)SC[C@H](N)C(=O)OCc1ccccc1. The van der Waals surface area contributed by atoms with Gasteiger partial charge in [-0.15, -0.1) is 0 Å². The smallest absolute Gasteiger partial charge is 0.324 e. The van der Waals surface area contributed by atoms with Gasteiger partial charge in [0.2, 0.25) is 0 Å². The van der Waals surface area contributed by atoms with Gasteiger partial charge in [-0.25, -0.2) is 0 Å². The molecule has 1 atom stereocenters. The zero-order valence-corrected chi connectivity index (χ0v) is 12.0. The normalized spacial score (nSPS) is 13.1. The molecule has 0 heterocycles. The Morgan fingerprint density at radius 3 is 2.50 bits per heavy atom. The number of ether oxygens (including phenoxy) is 1. The third kappa shape index (κ3) is 6.07. The second kappa shape index (κ2) is 6.81. The van der Waals surface area contributed by atoms with Crippen LogP contribution in [0, 0.1) is 0 Å². The van der Waals surface area contributed by atoms with Crippen LogP contribution in [0.5, 0.6) is 0 Å². The zero-order valence-electron chi connectivity index (χ0n) is 11.2. The summed E-state index contributed by atoms with van der Waals surface area (Å²) in [5, 5.41) is 0. The quantitative estimate of drug-likeness (QED) is 0.833. The predicted molar refractivity (Wildman–Crippen MR) is 76.4 cm³/mol. The zero-order chi connectivity index (χ0) is 13.6. The summed E-state index contributed by atoms with van der Waals surface area (Å²) >= 11 is 1.67. The van der Waals surface area contributed by atoms with Gasteiger partial charge in [0.25, 0.3) is 0 Å². The first-order valence-electron chi connectivity index (χ1n) is 5.98. The van der Waals surface area contributed by atoms with E-state index in [0.717, 1.165) is 5.56 Å². The van der Waals surface area contributed by atoms with Crippen molar-refractivity contribution in [3.8, 4) is 0 Å². The number of benzene rings is 1. The highest BCUT2D eigenvalue weighted by Gasteiger charge is 2.19. The Labute approximate surface area is 113 Å². The van der Waals surface area contributed by atoms with Crippen LogP contribution < -0.4 is 5.73 Å². The molecule has 0 aromatic heterocycles. The van der Waals surface area contributed by atoms with Crippen molar-refractivity contribution in [1.82, 2.24) is 0 Å². The van der Waals surface area contributed by atoms with Crippen molar-refractivity contribution in [2.75, 3.05) is 5.75 Å². The van der Waals surface area contributed by atoms with E-state index < -0.39 is 6.04 Å². The summed E-state index contributed by atoms with van der Waals surface area (Å²) in [6.45, 7) is 6.58. The average Bonchev–Trinajstić information content (AvgIpc) is 2.33. The van der Waals surface area contributed by atoms with Crippen LogP contribution in [0.15, 0.2) is 30.3 Å². The van der Waals surface area contributed by atoms with Crippen LogP contribution in [0.3, 0.4) is 0 Å². The fraction of sp³-hybridized carbons (Fsp3) is 0.500. The fourth-order valence-corrected chi connectivity index (χ4v) is 2.06. The Morgan fingerprint density at radius 2 is 1.94 bits per heavy atom. The first-order chi connectivity index (χ1) is 8.38. The number of nitrogens with two attached hydrogens (primary N) is 1. The maximum absolute atomic E-state index is 11.7. The second-order valence-electron chi connectivity index (χ2n) is 5.12. The summed E-state index contributed by atoms with van der Waals surface area (Å²) in [6.07, 6.45) is 0. The van der Waals surface area contributed by atoms with Crippen LogP contribution in [-0.4, -0.2) is 22.5 Å². The lowest BCUT2D eigenvalue weighted by atomic mass is 10.2. The van der Waals surface area contributed by atoms with Crippen molar-refractivity contribution in [1.29, 1.82) is 0 Å². The van der Waals surface area contributed by atoms with Crippen LogP contribution in [0.4, 0.5) is 0 Å². The predicted octanol–water partition coefficient (Wildman–Crippen LogP) is 2.59. The van der Waals surface area contributed by atoms with Gasteiger partial charge in [0.05, 0.1) is 0 Å². The highest BCUT2D eigenvalue weighted by molar-refractivity contribution is 8.00. The molecule has 18 heavy (non-hydrogen) atoms. The minimum absolute atomic E-state index is 0.108. The number of rotatable bonds is 5. The summed E-state index contributed by atoms with van der Waals surface area (Å²) in [5.41, 5.74) is 6.77. The molecule has 0 aliphatic carbocycles. The number of carbonyl (C=O) groups is 1. The highest BCUT2D eigenvalue weighted by Crippen LogP contribution is 2.23. The Kier molecular flexibility index (Phi) is 5.69. The number of thioether (sulfide) groups is 1. The third-order valence-corrected chi connectivity index (χ3v) is 3.61. The standard InChI is InChI=1S/C14H21NO2S/c1-14(2,3)18-10-12(15)13(16)17-9-11-7-5-4-6-8-11/h4-8,12H,9-10,15H2,1-3H3/t12-/m0/s1. The van der Waals surface area contributed by atoms with Gasteiger partial charge in [0, 0.05) is 10.5 Å². The van der Waals surface area contributed by atoms with E-state index in [1.165, 1.54) is 0 Å². The van der Waals surface area contributed by atoms with E-state index in [0.29, 0.717) is 5.75 Å². The van der Waals surface area contributed by atoms with Gasteiger partial charge >= 0.3 is 5.97 Å². The van der Waals surface area contributed by atoms with Crippen molar-refractivity contribution < 1.29 is 9.53 Å². The highest BCUT2D eigenvalue weighted by atomic mass is 32.2. The van der Waals surface area contributed by atoms with Gasteiger partial charge in [0.15, 0.2) is 0 Å². The van der Waals surface area contributed by atoms with Gasteiger partial charge < -0.3 is 10.5 Å². The molecule has 4 heteroatoms. The van der Waals surface area contributed by atoms with Gasteiger partial charge in [-0.3, -0.25) is 4.79 Å². The van der Waals surface area contributed by atoms with Gasteiger partial charge in [-0.1, -0.05) is 51.1 Å². The van der Waals surface area contributed by atoms with Crippen LogP contribution in [-0.2, 0) is 16.1 Å². The summed E-state index contributed by atoms with van der Waals surface area (Å²) in [6, 6.07) is 9.04. The Hall–Kier alpha value is -1.00. The molecule has 3 nitrogen and oxygen atoms in total. The van der Waals surface area contributed by atoms with E-state index >= 15 is 0 Å². The van der Waals surface area contributed by atoms with Crippen LogP contribution in [0.25, 0.3) is 0 Å². The number of hydrogen-bond acceptors (Lipinski definition) is 4. The number of hydrogen-bond donors (Lipinski definition) is 1. The molecule has 0 fully saturated rings. The summed E-state index contributed by atoms with van der Waals surface area (Å²) in [5.74, 6) is 0.243. The summed E-state index contributed by atoms with van der Waals surface area (Å²) in [4.78, 5) is 11.7. The largest absolute Gasteiger partial charge is 0.460 e. The number of carbonyl (C=O) groups excluding carboxylic acids is 1. The molecule has 0 unspecified atom stereocenters. The minimum Gasteiger partial charge on any atom is -0.460 e. The maximum atomic E-state index is 11.7. The summed E-state index contributed by atoms with van der Waals surface area (Å²) < 4.78 is 5.29. The van der Waals surface area contributed by atoms with Crippen molar-refractivity contribution in [2.24, 2.45) is 5.73 Å². The Morgan fingerprint density at radius 1 is 1.33 bits per heavy atom. The maximum Gasteiger partial charge on any atom is 0.324 e. The first kappa shape index (κ1) is 15.1. The lowest BCUT2D eigenvalue weighted by Crippen LogP contribution is -2.35. The Bertz CT molecular complexity index is 373. The second-order valence-corrected chi connectivity index (χ2v) is 6.97. The van der Waals surface area contributed by atoms with Crippen LogP contribution in [0.1, 0.15) is 26.3 Å². The van der Waals surface area contributed by atoms with Crippen molar-refractivity contribution in [3.63, 3.8) is 0 Å². The molecule has 1 rings (SSSR count). The molecule has 0 radical (unpaired) electrons. The van der Waals surface area contributed by atoms with E-state index in [9.17, 15) is 4.79 Å². The van der Waals surface area contributed by atoms with E-state index in [4.69, 9.17) is 10.5 Å². The summed E-state index contributed by atoms with van der Waals surface area (Å²) in [7, 11) is 0. The third-order valence-electron chi connectivity index (χ3n) is 2.22. The molecule has 0 saturated carbocycles. The molecule has 0 aliphatic heterocycles. The van der Waals surface area contributed by atoms with Crippen molar-refractivity contribution >= 4 is 17.7 Å². The minimum atomic E-state index is -0.557. The molecule has 1 aromatic carbocycles. The molecular formula is C14H21NO2S. The molecule has 0 bridgehead atoms. The van der Waals surface area contributed by atoms with Crippen LogP contribution in [0.2, 0.25) is 0 Å². The fourth-order valence-electron chi connectivity index (χ4n) is 1.24. The van der Waals surface area contributed by atoms with Crippen molar-refractivity contribution in [2.45, 2.75) is 38.2 Å².